The predicted octanol–water partition coefficient (Wildman–Crippen LogP) is 4.46. The highest BCUT2D eigenvalue weighted by atomic mass is 32.1. The summed E-state index contributed by atoms with van der Waals surface area (Å²) in [5, 5.41) is 4.55. The Morgan fingerprint density at radius 2 is 2.07 bits per heavy atom. The van der Waals surface area contributed by atoms with Crippen molar-refractivity contribution < 1.29 is 4.79 Å². The number of carbonyl (C=O) groups is 1. The highest BCUT2D eigenvalue weighted by Gasteiger charge is 2.21. The average Bonchev–Trinajstić information content (AvgIpc) is 3.01. The molecule has 1 saturated heterocycles. The third-order valence-corrected chi connectivity index (χ3v) is 6.82. The fraction of sp³-hybridized carbons (Fsp3) is 0.333. The molecule has 0 bridgehead atoms. The zero-order chi connectivity index (χ0) is 20.0. The van der Waals surface area contributed by atoms with Gasteiger partial charge in [0.05, 0.1) is 15.2 Å². The number of aromatic nitrogens is 1. The monoisotopic (exact) mass is 403 g/mol. The van der Waals surface area contributed by atoms with Gasteiger partial charge in [-0.25, -0.2) is 4.98 Å². The molecule has 0 amide bonds. The van der Waals surface area contributed by atoms with E-state index >= 15 is 0 Å². The topological polar surface area (TPSA) is 45.2 Å². The van der Waals surface area contributed by atoms with Gasteiger partial charge in [0.15, 0.2) is 5.78 Å². The quantitative estimate of drug-likeness (QED) is 0.686. The van der Waals surface area contributed by atoms with Crippen molar-refractivity contribution in [1.82, 2.24) is 10.3 Å². The molecule has 1 fully saturated rings. The largest absolute Gasteiger partial charge is 0.369 e. The van der Waals surface area contributed by atoms with Crippen molar-refractivity contribution >= 4 is 44.7 Å². The molecule has 3 aromatic rings. The Kier molecular flexibility index (Phi) is 4.72. The van der Waals surface area contributed by atoms with Crippen LogP contribution in [0.1, 0.15) is 35.0 Å². The number of carbonyl (C=O) groups excluding carboxylic acids is 1. The highest BCUT2D eigenvalue weighted by Crippen LogP contribution is 2.32. The Balaban J connectivity index is 1.51. The van der Waals surface area contributed by atoms with Crippen molar-refractivity contribution in [3.05, 3.63) is 58.1 Å². The SMILES string of the molecule is Cc1nc2ccc(C3=Cc4ccc(N5CCN[C@@H](C)C5)cc4CCC3=O)cc2s1. The highest BCUT2D eigenvalue weighted by molar-refractivity contribution is 7.18. The van der Waals surface area contributed by atoms with E-state index in [9.17, 15) is 4.79 Å². The Morgan fingerprint density at radius 1 is 1.17 bits per heavy atom. The number of hydrogen-bond acceptors (Lipinski definition) is 5. The van der Waals surface area contributed by atoms with Crippen molar-refractivity contribution in [2.45, 2.75) is 32.7 Å². The fourth-order valence-electron chi connectivity index (χ4n) is 4.38. The molecule has 1 atom stereocenters. The number of piperazine rings is 1. The maximum atomic E-state index is 13.0. The lowest BCUT2D eigenvalue weighted by molar-refractivity contribution is -0.113. The van der Waals surface area contributed by atoms with Crippen LogP contribution in [-0.2, 0) is 11.2 Å². The normalized spacial score (nSPS) is 19.8. The number of anilines is 1. The minimum atomic E-state index is 0.221. The van der Waals surface area contributed by atoms with Crippen LogP contribution in [0.4, 0.5) is 5.69 Å². The second-order valence-electron chi connectivity index (χ2n) is 8.08. The van der Waals surface area contributed by atoms with Gasteiger partial charge in [0.1, 0.15) is 0 Å². The van der Waals surface area contributed by atoms with Crippen LogP contribution in [0.5, 0.6) is 0 Å². The molecule has 2 heterocycles. The van der Waals surface area contributed by atoms with Crippen molar-refractivity contribution in [2.24, 2.45) is 0 Å². The first kappa shape index (κ1) is 18.5. The first-order valence-electron chi connectivity index (χ1n) is 10.3. The second kappa shape index (κ2) is 7.39. The average molecular weight is 404 g/mol. The number of fused-ring (bicyclic) bond motifs is 2. The lowest BCUT2D eigenvalue weighted by atomic mass is 9.99. The van der Waals surface area contributed by atoms with Gasteiger partial charge in [-0.3, -0.25) is 4.79 Å². The number of allylic oxidation sites excluding steroid dienone is 1. The van der Waals surface area contributed by atoms with Gasteiger partial charge in [0.2, 0.25) is 0 Å². The van der Waals surface area contributed by atoms with Gasteiger partial charge >= 0.3 is 0 Å². The lowest BCUT2D eigenvalue weighted by Gasteiger charge is -2.34. The molecule has 0 saturated carbocycles. The van der Waals surface area contributed by atoms with E-state index in [0.717, 1.165) is 52.4 Å². The number of thiazole rings is 1. The van der Waals surface area contributed by atoms with Gasteiger partial charge in [-0.15, -0.1) is 11.3 Å². The third kappa shape index (κ3) is 3.61. The number of hydrogen-bond donors (Lipinski definition) is 1. The van der Waals surface area contributed by atoms with E-state index in [0.29, 0.717) is 12.5 Å². The molecule has 1 aromatic heterocycles. The summed E-state index contributed by atoms with van der Waals surface area (Å²) >= 11 is 1.68. The van der Waals surface area contributed by atoms with Crippen LogP contribution in [0.15, 0.2) is 36.4 Å². The minimum absolute atomic E-state index is 0.221. The summed E-state index contributed by atoms with van der Waals surface area (Å²) in [7, 11) is 0. The molecule has 4 nitrogen and oxygen atoms in total. The van der Waals surface area contributed by atoms with E-state index in [4.69, 9.17) is 0 Å². The molecule has 148 valence electrons. The minimum Gasteiger partial charge on any atom is -0.369 e. The molecule has 5 rings (SSSR count). The van der Waals surface area contributed by atoms with Crippen molar-refractivity contribution in [1.29, 1.82) is 0 Å². The summed E-state index contributed by atoms with van der Waals surface area (Å²) in [4.78, 5) is 19.9. The lowest BCUT2D eigenvalue weighted by Crippen LogP contribution is -2.49. The Hall–Kier alpha value is -2.50. The van der Waals surface area contributed by atoms with E-state index in [1.165, 1.54) is 16.8 Å². The van der Waals surface area contributed by atoms with Crippen molar-refractivity contribution in [3.8, 4) is 0 Å². The fourth-order valence-corrected chi connectivity index (χ4v) is 5.25. The van der Waals surface area contributed by atoms with Crippen LogP contribution in [-0.4, -0.2) is 36.4 Å². The van der Waals surface area contributed by atoms with E-state index in [2.05, 4.69) is 52.5 Å². The number of nitrogens with one attached hydrogen (secondary N) is 1. The van der Waals surface area contributed by atoms with Crippen molar-refractivity contribution in [2.75, 3.05) is 24.5 Å². The number of nitrogens with zero attached hydrogens (tertiary/aromatic N) is 2. The molecule has 1 N–H and O–H groups in total. The van der Waals surface area contributed by atoms with Crippen LogP contribution in [0, 0.1) is 6.92 Å². The van der Waals surface area contributed by atoms with Gasteiger partial charge in [0, 0.05) is 43.4 Å². The molecule has 29 heavy (non-hydrogen) atoms. The summed E-state index contributed by atoms with van der Waals surface area (Å²) in [6.45, 7) is 7.31. The Bertz CT molecular complexity index is 1130. The first-order chi connectivity index (χ1) is 14.1. The van der Waals surface area contributed by atoms with Crippen LogP contribution >= 0.6 is 11.3 Å². The van der Waals surface area contributed by atoms with Crippen LogP contribution in [0.25, 0.3) is 21.9 Å². The summed E-state index contributed by atoms with van der Waals surface area (Å²) in [6, 6.07) is 13.4. The number of rotatable bonds is 2. The molecule has 2 aromatic carbocycles. The van der Waals surface area contributed by atoms with Gasteiger partial charge in [0.25, 0.3) is 0 Å². The first-order valence-corrected chi connectivity index (χ1v) is 11.1. The Labute approximate surface area is 175 Å². The third-order valence-electron chi connectivity index (χ3n) is 5.89. The maximum absolute atomic E-state index is 13.0. The van der Waals surface area contributed by atoms with E-state index in [-0.39, 0.29) is 5.78 Å². The van der Waals surface area contributed by atoms with Crippen LogP contribution < -0.4 is 10.2 Å². The number of ketones is 1. The molecule has 5 heteroatoms. The molecule has 0 spiro atoms. The van der Waals surface area contributed by atoms with Crippen LogP contribution in [0.2, 0.25) is 0 Å². The van der Waals surface area contributed by atoms with Gasteiger partial charge < -0.3 is 10.2 Å². The maximum Gasteiger partial charge on any atom is 0.163 e. The van der Waals surface area contributed by atoms with Gasteiger partial charge in [-0.05, 0) is 67.3 Å². The molecule has 1 aliphatic heterocycles. The summed E-state index contributed by atoms with van der Waals surface area (Å²) in [5.41, 5.74) is 6.53. The number of benzene rings is 2. The summed E-state index contributed by atoms with van der Waals surface area (Å²) < 4.78 is 1.14. The Morgan fingerprint density at radius 3 is 2.93 bits per heavy atom. The standard InChI is InChI=1S/C24H25N3OS/c1-15-14-27(10-9-25-15)20-6-3-18-12-21(23(28)8-5-17(18)11-20)19-4-7-22-24(13-19)29-16(2)26-22/h3-4,6-7,11-13,15,25H,5,8-10,14H2,1-2H3/t15-/m0/s1. The molecule has 2 aliphatic rings. The summed E-state index contributed by atoms with van der Waals surface area (Å²) in [6.07, 6.45) is 3.44. The van der Waals surface area contributed by atoms with Crippen LogP contribution in [0.3, 0.4) is 0 Å². The molecule has 0 unspecified atom stereocenters. The number of aryl methyl sites for hydroxylation is 2. The zero-order valence-electron chi connectivity index (χ0n) is 16.9. The van der Waals surface area contributed by atoms with E-state index in [1.54, 1.807) is 11.3 Å². The zero-order valence-corrected chi connectivity index (χ0v) is 17.7. The predicted molar refractivity (Wildman–Crippen MR) is 122 cm³/mol. The summed E-state index contributed by atoms with van der Waals surface area (Å²) in [5.74, 6) is 0.221. The number of Topliss-reactive ketones (excluding diaryl/α,β-unsaturated/α-hetero) is 1. The van der Waals surface area contributed by atoms with Crippen molar-refractivity contribution in [3.63, 3.8) is 0 Å². The molecule has 1 aliphatic carbocycles. The molecular weight excluding hydrogens is 378 g/mol. The van der Waals surface area contributed by atoms with Gasteiger partial charge in [-0.2, -0.15) is 0 Å². The molecular formula is C24H25N3OS. The molecule has 0 radical (unpaired) electrons. The smallest absolute Gasteiger partial charge is 0.163 e. The van der Waals surface area contributed by atoms with E-state index < -0.39 is 0 Å². The van der Waals surface area contributed by atoms with E-state index in [1.807, 2.05) is 19.1 Å². The van der Waals surface area contributed by atoms with Gasteiger partial charge in [-0.1, -0.05) is 12.1 Å². The second-order valence-corrected chi connectivity index (χ2v) is 9.32.